The van der Waals surface area contributed by atoms with Crippen LogP contribution in [0.2, 0.25) is 5.02 Å². The van der Waals surface area contributed by atoms with Gasteiger partial charge < -0.3 is 31.2 Å². The Morgan fingerprint density at radius 2 is 1.87 bits per heavy atom. The molecule has 1 aliphatic heterocycles. The number of rotatable bonds is 12. The fourth-order valence-corrected chi connectivity index (χ4v) is 6.66. The molecule has 5 N–H and O–H groups in total. The molecular weight excluding hydrogens is 610 g/mol. The third-order valence-corrected chi connectivity index (χ3v) is 9.18. The molecule has 10 nitrogen and oxygen atoms in total. The number of fused-ring (bicyclic) bond motifs is 1. The molecule has 0 spiro atoms. The maximum Gasteiger partial charge on any atom is 0.220 e. The molecule has 6 rings (SSSR count). The lowest BCUT2D eigenvalue weighted by molar-refractivity contribution is -0.119. The van der Waals surface area contributed by atoms with Gasteiger partial charge in [-0.25, -0.2) is 15.0 Å². The van der Waals surface area contributed by atoms with E-state index in [0.29, 0.717) is 53.8 Å². The number of hydrogen-bond acceptors (Lipinski definition) is 10. The molecule has 0 saturated carbocycles. The highest BCUT2D eigenvalue weighted by Crippen LogP contribution is 2.40. The van der Waals surface area contributed by atoms with Gasteiger partial charge in [-0.15, -0.1) is 11.3 Å². The first kappa shape index (κ1) is 30.6. The summed E-state index contributed by atoms with van der Waals surface area (Å²) < 4.78 is 0.978. The lowest BCUT2D eigenvalue weighted by atomic mass is 9.94. The van der Waals surface area contributed by atoms with Crippen LogP contribution < -0.4 is 21.3 Å². The number of thiazole rings is 1. The maximum atomic E-state index is 11.4. The minimum Gasteiger partial charge on any atom is -0.493 e. The highest BCUT2D eigenvalue weighted by Gasteiger charge is 2.20. The molecule has 1 saturated heterocycles. The number of nitrogens with one attached hydrogen (secondary N) is 4. The molecule has 1 unspecified atom stereocenters. The average Bonchev–Trinajstić information content (AvgIpc) is 3.65. The fourth-order valence-electron chi connectivity index (χ4n) is 5.45. The van der Waals surface area contributed by atoms with E-state index in [1.54, 1.807) is 17.5 Å². The summed E-state index contributed by atoms with van der Waals surface area (Å²) >= 11 is 8.56. The summed E-state index contributed by atoms with van der Waals surface area (Å²) in [5, 5.41) is 24.8. The summed E-state index contributed by atoms with van der Waals surface area (Å²) in [6.45, 7) is 3.87. The quantitative estimate of drug-likeness (QED) is 0.0883. The van der Waals surface area contributed by atoms with E-state index in [4.69, 9.17) is 16.6 Å². The van der Waals surface area contributed by atoms with Crippen molar-refractivity contribution in [1.82, 2.24) is 30.9 Å². The molecule has 0 bridgehead atoms. The highest BCUT2D eigenvalue weighted by molar-refractivity contribution is 7.18. The third kappa shape index (κ3) is 6.81. The summed E-state index contributed by atoms with van der Waals surface area (Å²) in [7, 11) is 0. The number of anilines is 2. The van der Waals surface area contributed by atoms with E-state index in [9.17, 15) is 14.7 Å². The van der Waals surface area contributed by atoms with Gasteiger partial charge in [-0.2, -0.15) is 0 Å². The number of aromatic nitrogens is 3. The number of halogens is 1. The summed E-state index contributed by atoms with van der Waals surface area (Å²) in [6, 6.07) is 17.6. The summed E-state index contributed by atoms with van der Waals surface area (Å²) in [6.07, 6.45) is 3.93. The van der Waals surface area contributed by atoms with Gasteiger partial charge in [-0.1, -0.05) is 48.0 Å². The maximum absolute atomic E-state index is 11.4. The van der Waals surface area contributed by atoms with Crippen molar-refractivity contribution in [2.45, 2.75) is 38.9 Å². The first-order valence-corrected chi connectivity index (χ1v) is 15.8. The Hall–Kier alpha value is -4.42. The first-order chi connectivity index (χ1) is 21.9. The van der Waals surface area contributed by atoms with Crippen molar-refractivity contribution in [2.24, 2.45) is 0 Å². The van der Waals surface area contributed by atoms with E-state index < -0.39 is 0 Å². The monoisotopic (exact) mass is 641 g/mol. The molecular formula is C33H32ClN7O3S. The Morgan fingerprint density at radius 1 is 1.04 bits per heavy atom. The lowest BCUT2D eigenvalue weighted by Gasteiger charge is -2.16. The molecule has 5 aromatic rings. The van der Waals surface area contributed by atoms with Gasteiger partial charge in [0, 0.05) is 55.0 Å². The minimum atomic E-state index is -0.0316. The average molecular weight is 642 g/mol. The first-order valence-electron chi connectivity index (χ1n) is 14.6. The Labute approximate surface area is 269 Å². The number of amides is 1. The van der Waals surface area contributed by atoms with Crippen LogP contribution in [0.3, 0.4) is 0 Å². The van der Waals surface area contributed by atoms with E-state index in [1.165, 1.54) is 0 Å². The van der Waals surface area contributed by atoms with Crippen LogP contribution in [-0.4, -0.2) is 51.4 Å². The van der Waals surface area contributed by atoms with E-state index in [2.05, 4.69) is 31.2 Å². The second-order valence-electron chi connectivity index (χ2n) is 10.8. The molecule has 1 atom stereocenters. The summed E-state index contributed by atoms with van der Waals surface area (Å²) in [5.41, 5.74) is 6.41. The number of aromatic hydroxyl groups is 1. The number of benzene rings is 2. The number of hydrogen-bond donors (Lipinski definition) is 5. The Morgan fingerprint density at radius 3 is 2.67 bits per heavy atom. The van der Waals surface area contributed by atoms with Crippen LogP contribution in [0.15, 0.2) is 60.8 Å². The van der Waals surface area contributed by atoms with Gasteiger partial charge in [0.05, 0.1) is 27.6 Å². The summed E-state index contributed by atoms with van der Waals surface area (Å²) in [5.74, 6) is 0.645. The van der Waals surface area contributed by atoms with E-state index in [-0.39, 0.29) is 24.4 Å². The summed E-state index contributed by atoms with van der Waals surface area (Å²) in [4.78, 5) is 35.9. The van der Waals surface area contributed by atoms with Crippen molar-refractivity contribution in [3.05, 3.63) is 82.0 Å². The van der Waals surface area contributed by atoms with Gasteiger partial charge in [0.1, 0.15) is 16.8 Å². The highest BCUT2D eigenvalue weighted by atomic mass is 35.5. The molecule has 1 aliphatic rings. The number of pyridine rings is 2. The smallest absolute Gasteiger partial charge is 0.220 e. The van der Waals surface area contributed by atoms with Crippen LogP contribution in [0.1, 0.15) is 29.0 Å². The molecule has 45 heavy (non-hydrogen) atoms. The van der Waals surface area contributed by atoms with Crippen molar-refractivity contribution >= 4 is 56.9 Å². The van der Waals surface area contributed by atoms with E-state index >= 15 is 0 Å². The van der Waals surface area contributed by atoms with Gasteiger partial charge in [0.2, 0.25) is 11.8 Å². The zero-order valence-corrected chi connectivity index (χ0v) is 26.1. The molecule has 1 amide bonds. The predicted molar refractivity (Wildman–Crippen MR) is 178 cm³/mol. The third-order valence-electron chi connectivity index (χ3n) is 7.75. The second-order valence-corrected chi connectivity index (χ2v) is 12.3. The largest absolute Gasteiger partial charge is 0.493 e. The molecule has 2 aromatic carbocycles. The van der Waals surface area contributed by atoms with Gasteiger partial charge in [-0.3, -0.25) is 4.79 Å². The van der Waals surface area contributed by atoms with Crippen molar-refractivity contribution in [1.29, 1.82) is 0 Å². The van der Waals surface area contributed by atoms with Crippen LogP contribution in [0, 0.1) is 6.92 Å². The molecule has 4 heterocycles. The molecule has 1 fully saturated rings. The van der Waals surface area contributed by atoms with Crippen LogP contribution in [-0.2, 0) is 22.7 Å². The van der Waals surface area contributed by atoms with Gasteiger partial charge in [-0.05, 0) is 42.7 Å². The Kier molecular flexibility index (Phi) is 9.31. The SMILES string of the molecule is Cc1c(-c2ccc(CNCC3CCC(=O)N3)c(O)n2)cccc1-c1cccc(Nc2nccc3sc(CNCC=O)nc23)c1Cl. The number of aldehydes is 1. The van der Waals surface area contributed by atoms with Crippen molar-refractivity contribution in [3.63, 3.8) is 0 Å². The second kappa shape index (κ2) is 13.7. The zero-order chi connectivity index (χ0) is 31.3. The van der Waals surface area contributed by atoms with Crippen LogP contribution >= 0.6 is 22.9 Å². The van der Waals surface area contributed by atoms with E-state index in [1.807, 2.05) is 61.5 Å². The van der Waals surface area contributed by atoms with Gasteiger partial charge >= 0.3 is 0 Å². The molecule has 12 heteroatoms. The van der Waals surface area contributed by atoms with Crippen molar-refractivity contribution in [3.8, 4) is 28.3 Å². The number of carbonyl (C=O) groups excluding carboxylic acids is 2. The molecule has 0 radical (unpaired) electrons. The number of carbonyl (C=O) groups is 2. The standard InChI is InChI=1S/C33H32ClN7O3S/c1-19-22(4-2-5-23(19)25-10-8-20(33(44)40-25)16-36-17-21-9-11-28(43)38-21)24-6-3-7-26(30(24)34)39-32-31-27(12-13-37-32)45-29(41-31)18-35-14-15-42/h2-8,10,12-13,15,21,35-36H,9,11,14,16-18H2,1H3,(H,37,39)(H,38,43)(H,40,44). The normalized spacial score (nSPS) is 14.5. The molecule has 3 aromatic heterocycles. The molecule has 0 aliphatic carbocycles. The van der Waals surface area contributed by atoms with Gasteiger partial charge in [0.15, 0.2) is 5.82 Å². The Balaban J connectivity index is 1.22. The van der Waals surface area contributed by atoms with Gasteiger partial charge in [0.25, 0.3) is 0 Å². The lowest BCUT2D eigenvalue weighted by Crippen LogP contribution is -2.35. The van der Waals surface area contributed by atoms with Crippen LogP contribution in [0.5, 0.6) is 5.88 Å². The minimum absolute atomic E-state index is 0.0316. The Bertz CT molecular complexity index is 1880. The zero-order valence-electron chi connectivity index (χ0n) is 24.6. The van der Waals surface area contributed by atoms with Crippen molar-refractivity contribution < 1.29 is 14.7 Å². The van der Waals surface area contributed by atoms with Crippen molar-refractivity contribution in [2.75, 3.05) is 18.4 Å². The van der Waals surface area contributed by atoms with Crippen LogP contribution in [0.4, 0.5) is 11.5 Å². The van der Waals surface area contributed by atoms with Crippen LogP contribution in [0.25, 0.3) is 32.6 Å². The fraction of sp³-hybridized carbons (Fsp3) is 0.242. The molecule has 230 valence electrons. The topological polar surface area (TPSA) is 141 Å². The number of nitrogens with zero attached hydrogens (tertiary/aromatic N) is 3. The van der Waals surface area contributed by atoms with E-state index in [0.717, 1.165) is 50.2 Å². The predicted octanol–water partition coefficient (Wildman–Crippen LogP) is 5.49.